The summed E-state index contributed by atoms with van der Waals surface area (Å²) in [5.41, 5.74) is 7.18. The van der Waals surface area contributed by atoms with E-state index in [0.29, 0.717) is 35.5 Å². The Hall–Kier alpha value is -3.29. The fourth-order valence-electron chi connectivity index (χ4n) is 5.39. The van der Waals surface area contributed by atoms with Crippen molar-refractivity contribution in [1.29, 1.82) is 0 Å². The molecule has 174 valence electrons. The predicted octanol–water partition coefficient (Wildman–Crippen LogP) is 4.08. The number of methoxy groups -OCH3 is 1. The fraction of sp³-hybridized carbons (Fsp3) is 0.240. The number of amides is 1. The Labute approximate surface area is 206 Å². The van der Waals surface area contributed by atoms with Gasteiger partial charge < -0.3 is 15.4 Å². The molecule has 2 N–H and O–H groups in total. The molecule has 1 aliphatic carbocycles. The first-order valence-corrected chi connectivity index (χ1v) is 11.5. The monoisotopic (exact) mass is 497 g/mol. The van der Waals surface area contributed by atoms with Crippen LogP contribution in [0.4, 0.5) is 11.4 Å². The van der Waals surface area contributed by atoms with Gasteiger partial charge in [-0.1, -0.05) is 47.5 Å². The molecule has 1 spiro atoms. The normalized spacial score (nSPS) is 21.9. The minimum absolute atomic E-state index is 0.0251. The molecule has 3 aliphatic rings. The van der Waals surface area contributed by atoms with Gasteiger partial charge in [0.1, 0.15) is 16.8 Å². The molecule has 2 aromatic rings. The first-order valence-electron chi connectivity index (χ1n) is 10.7. The lowest BCUT2D eigenvalue weighted by molar-refractivity contribution is -0.138. The molecule has 0 saturated heterocycles. The zero-order valence-corrected chi connectivity index (χ0v) is 20.0. The van der Waals surface area contributed by atoms with Gasteiger partial charge in [0, 0.05) is 36.0 Å². The summed E-state index contributed by atoms with van der Waals surface area (Å²) in [5.74, 6) is -1.49. The second kappa shape index (κ2) is 7.89. The van der Waals surface area contributed by atoms with Gasteiger partial charge >= 0.3 is 5.97 Å². The number of benzene rings is 2. The number of nitrogens with two attached hydrogens (primary N) is 1. The van der Waals surface area contributed by atoms with E-state index >= 15 is 0 Å². The first-order chi connectivity index (χ1) is 16.3. The van der Waals surface area contributed by atoms with Crippen LogP contribution >= 0.6 is 23.2 Å². The summed E-state index contributed by atoms with van der Waals surface area (Å²) in [7, 11) is 2.84. The fourth-order valence-corrected chi connectivity index (χ4v) is 5.77. The van der Waals surface area contributed by atoms with Crippen LogP contribution in [0.25, 0.3) is 0 Å². The van der Waals surface area contributed by atoms with E-state index in [1.807, 2.05) is 0 Å². The van der Waals surface area contributed by atoms with Gasteiger partial charge in [0.05, 0.1) is 22.8 Å². The molecule has 0 saturated carbocycles. The molecule has 7 nitrogen and oxygen atoms in total. The van der Waals surface area contributed by atoms with E-state index in [4.69, 9.17) is 33.7 Å². The third-order valence-electron chi connectivity index (χ3n) is 6.76. The van der Waals surface area contributed by atoms with Crippen LogP contribution in [0.1, 0.15) is 24.8 Å². The number of hydrogen-bond acceptors (Lipinski definition) is 6. The summed E-state index contributed by atoms with van der Waals surface area (Å²) in [6.45, 7) is 0. The van der Waals surface area contributed by atoms with Crippen LogP contribution in [0.3, 0.4) is 0 Å². The maximum absolute atomic E-state index is 14.1. The van der Waals surface area contributed by atoms with Crippen LogP contribution in [-0.4, -0.2) is 31.8 Å². The molecular weight excluding hydrogens is 477 g/mol. The molecule has 0 bridgehead atoms. The Bertz CT molecular complexity index is 1350. The number of ketones is 1. The van der Waals surface area contributed by atoms with Gasteiger partial charge in [-0.25, -0.2) is 4.79 Å². The Balaban J connectivity index is 1.95. The smallest absolute Gasteiger partial charge is 0.339 e. The molecule has 9 heteroatoms. The first kappa shape index (κ1) is 22.5. The zero-order chi connectivity index (χ0) is 24.4. The quantitative estimate of drug-likeness (QED) is 0.628. The number of anilines is 2. The number of halogens is 2. The van der Waals surface area contributed by atoms with Crippen LogP contribution in [0, 0.1) is 0 Å². The molecule has 2 aliphatic heterocycles. The summed E-state index contributed by atoms with van der Waals surface area (Å²) in [6, 6.07) is 12.1. The maximum Gasteiger partial charge on any atom is 0.339 e. The SMILES string of the molecule is COC(=O)C1=C(N)N(c2cccc(Cl)c2Cl)C2=C(C(=O)CCC2)C12C(=O)N(C)c1ccccc12. The third-order valence-corrected chi connectivity index (χ3v) is 7.57. The largest absolute Gasteiger partial charge is 0.466 e. The standard InChI is InChI=1S/C25H21Cl2N3O4/c1-29-15-9-4-3-7-13(15)25(24(29)33)19-16(10-6-12-18(19)31)30(22(28)20(25)23(32)34-2)17-11-5-8-14(26)21(17)27/h3-5,7-9,11H,6,10,12,28H2,1-2H3. The Morgan fingerprint density at radius 3 is 2.50 bits per heavy atom. The number of nitrogens with zero attached hydrogens (tertiary/aromatic N) is 2. The Morgan fingerprint density at radius 2 is 1.76 bits per heavy atom. The van der Waals surface area contributed by atoms with Crippen LogP contribution < -0.4 is 15.5 Å². The molecule has 0 radical (unpaired) electrons. The number of hydrogen-bond donors (Lipinski definition) is 1. The van der Waals surface area contributed by atoms with Crippen LogP contribution in [0.15, 0.2) is 65.1 Å². The maximum atomic E-state index is 14.1. The highest BCUT2D eigenvalue weighted by atomic mass is 35.5. The zero-order valence-electron chi connectivity index (χ0n) is 18.5. The van der Waals surface area contributed by atoms with E-state index in [-0.39, 0.29) is 39.2 Å². The predicted molar refractivity (Wildman–Crippen MR) is 130 cm³/mol. The number of carbonyl (C=O) groups is 3. The number of rotatable bonds is 2. The average molecular weight is 498 g/mol. The number of fused-ring (bicyclic) bond motifs is 3. The van der Waals surface area contributed by atoms with Crippen molar-refractivity contribution in [2.24, 2.45) is 5.73 Å². The number of allylic oxidation sites excluding steroid dienone is 1. The lowest BCUT2D eigenvalue weighted by Crippen LogP contribution is -2.54. The highest BCUT2D eigenvalue weighted by molar-refractivity contribution is 6.43. The Morgan fingerprint density at radius 1 is 1.06 bits per heavy atom. The molecule has 1 atom stereocenters. The van der Waals surface area contributed by atoms with Gasteiger partial charge in [-0.05, 0) is 31.0 Å². The van der Waals surface area contributed by atoms with Gasteiger partial charge in [0.15, 0.2) is 5.78 Å². The third kappa shape index (κ3) is 2.74. The van der Waals surface area contributed by atoms with Crippen LogP contribution in [-0.2, 0) is 24.5 Å². The number of esters is 1. The molecule has 5 rings (SSSR count). The van der Waals surface area contributed by atoms with E-state index in [1.54, 1.807) is 54.4 Å². The lowest BCUT2D eigenvalue weighted by atomic mass is 9.63. The van der Waals surface area contributed by atoms with E-state index < -0.39 is 17.3 Å². The second-order valence-electron chi connectivity index (χ2n) is 8.39. The van der Waals surface area contributed by atoms with E-state index in [2.05, 4.69) is 0 Å². The molecule has 2 aromatic carbocycles. The summed E-state index contributed by atoms with van der Waals surface area (Å²) in [5, 5.41) is 0.505. The minimum Gasteiger partial charge on any atom is -0.466 e. The highest BCUT2D eigenvalue weighted by Crippen LogP contribution is 2.57. The summed E-state index contributed by atoms with van der Waals surface area (Å²) >= 11 is 12.8. The molecule has 0 aromatic heterocycles. The molecule has 0 fully saturated rings. The van der Waals surface area contributed by atoms with Crippen molar-refractivity contribution >= 4 is 52.2 Å². The second-order valence-corrected chi connectivity index (χ2v) is 9.18. The molecule has 1 unspecified atom stereocenters. The van der Waals surface area contributed by atoms with Gasteiger partial charge in [0.2, 0.25) is 5.91 Å². The molecule has 34 heavy (non-hydrogen) atoms. The van der Waals surface area contributed by atoms with Crippen molar-refractivity contribution in [2.45, 2.75) is 24.7 Å². The number of ether oxygens (including phenoxy) is 1. The van der Waals surface area contributed by atoms with Gasteiger partial charge in [-0.2, -0.15) is 0 Å². The lowest BCUT2D eigenvalue weighted by Gasteiger charge is -2.44. The van der Waals surface area contributed by atoms with E-state index in [1.165, 1.54) is 12.0 Å². The molecule has 2 heterocycles. The Kier molecular flexibility index (Phi) is 5.22. The van der Waals surface area contributed by atoms with E-state index in [0.717, 1.165) is 0 Å². The highest BCUT2D eigenvalue weighted by Gasteiger charge is 2.63. The summed E-state index contributed by atoms with van der Waals surface area (Å²) < 4.78 is 5.13. The minimum atomic E-state index is -1.71. The number of Topliss-reactive ketones (excluding diaryl/α,β-unsaturated/α-hetero) is 1. The van der Waals surface area contributed by atoms with Gasteiger partial charge in [-0.3, -0.25) is 14.5 Å². The summed E-state index contributed by atoms with van der Waals surface area (Å²) in [4.78, 5) is 44.1. The van der Waals surface area contributed by atoms with Crippen molar-refractivity contribution in [3.05, 3.63) is 80.7 Å². The average Bonchev–Trinajstić information content (AvgIpc) is 3.04. The number of carbonyl (C=O) groups excluding carboxylic acids is 3. The van der Waals surface area contributed by atoms with Crippen molar-refractivity contribution in [3.63, 3.8) is 0 Å². The number of likely N-dealkylation sites (N-methyl/N-ethyl adjacent to an activating group) is 1. The van der Waals surface area contributed by atoms with Gasteiger partial charge in [0.25, 0.3) is 0 Å². The van der Waals surface area contributed by atoms with Crippen LogP contribution in [0.5, 0.6) is 0 Å². The van der Waals surface area contributed by atoms with E-state index in [9.17, 15) is 14.4 Å². The van der Waals surface area contributed by atoms with Crippen molar-refractivity contribution < 1.29 is 19.1 Å². The van der Waals surface area contributed by atoms with Crippen molar-refractivity contribution in [2.75, 3.05) is 24.0 Å². The summed E-state index contributed by atoms with van der Waals surface area (Å²) in [6.07, 6.45) is 1.26. The van der Waals surface area contributed by atoms with Crippen molar-refractivity contribution in [3.8, 4) is 0 Å². The van der Waals surface area contributed by atoms with Crippen molar-refractivity contribution in [1.82, 2.24) is 0 Å². The molecule has 1 amide bonds. The van der Waals surface area contributed by atoms with Gasteiger partial charge in [-0.15, -0.1) is 0 Å². The molecular formula is C25H21Cl2N3O4. The van der Waals surface area contributed by atoms with Crippen LogP contribution in [0.2, 0.25) is 10.0 Å². The number of para-hydroxylation sites is 1. The topological polar surface area (TPSA) is 92.9 Å².